The second-order valence-corrected chi connectivity index (χ2v) is 7.99. The van der Waals surface area contributed by atoms with Crippen LogP contribution in [-0.2, 0) is 16.1 Å². The normalized spacial score (nSPS) is 13.0. The average molecular weight is 468 g/mol. The van der Waals surface area contributed by atoms with Crippen LogP contribution in [-0.4, -0.2) is 49.6 Å². The number of benzene rings is 2. The van der Waals surface area contributed by atoms with Gasteiger partial charge in [-0.2, -0.15) is 5.10 Å². The van der Waals surface area contributed by atoms with E-state index in [0.717, 1.165) is 22.3 Å². The quantitative estimate of drug-likeness (QED) is 0.366. The second-order valence-electron chi connectivity index (χ2n) is 7.99. The number of hydrogen-bond acceptors (Lipinski definition) is 7. The Balaban J connectivity index is 1.32. The largest absolute Gasteiger partial charge is 0.480 e. The summed E-state index contributed by atoms with van der Waals surface area (Å²) in [5.41, 5.74) is 10.6. The molecule has 0 radical (unpaired) electrons. The van der Waals surface area contributed by atoms with E-state index in [4.69, 9.17) is 16.9 Å². The second kappa shape index (κ2) is 8.79. The van der Waals surface area contributed by atoms with Crippen LogP contribution < -0.4 is 11.1 Å². The number of carboxylic acids is 1. The lowest BCUT2D eigenvalue weighted by Crippen LogP contribution is -2.44. The van der Waals surface area contributed by atoms with Gasteiger partial charge in [0.1, 0.15) is 30.5 Å². The first-order chi connectivity index (χ1) is 17.0. The number of fused-ring (bicyclic) bond motifs is 4. The fraction of sp³-hybridized carbons (Fsp3) is 0.160. The maximum absolute atomic E-state index is 12.6. The molecule has 2 heterocycles. The van der Waals surface area contributed by atoms with Gasteiger partial charge in [0.05, 0.1) is 11.9 Å². The number of carbonyl (C=O) groups excluding carboxylic acids is 1. The van der Waals surface area contributed by atoms with Crippen molar-refractivity contribution in [2.75, 3.05) is 12.3 Å². The number of anilines is 1. The zero-order valence-electron chi connectivity index (χ0n) is 18.4. The number of rotatable bonds is 6. The number of carboxylic acid groups (broad SMARTS) is 1. The standard InChI is InChI=1S/C25H20N6O4/c1-2-19-21-22(26)27-13-28-23(21)31(30-19)11-20(24(32)33)29-25(34)35-12-18-16-9-5-3-7-14(16)15-8-4-6-10-17(15)18/h1,3-10,13,18,20H,11-12H2,(H,29,34)(H,32,33)(H2,26,27,28). The van der Waals surface area contributed by atoms with Crippen LogP contribution >= 0.6 is 0 Å². The van der Waals surface area contributed by atoms with Crippen molar-refractivity contribution in [1.29, 1.82) is 0 Å². The maximum atomic E-state index is 12.6. The fourth-order valence-electron chi connectivity index (χ4n) is 4.40. The van der Waals surface area contributed by atoms with Gasteiger partial charge < -0.3 is 20.9 Å². The number of carbonyl (C=O) groups is 2. The molecule has 1 atom stereocenters. The molecule has 5 rings (SSSR count). The first-order valence-electron chi connectivity index (χ1n) is 10.8. The summed E-state index contributed by atoms with van der Waals surface area (Å²) in [6.45, 7) is -0.184. The molecule has 1 aliphatic rings. The topological polar surface area (TPSA) is 145 Å². The number of aromatic nitrogens is 4. The van der Waals surface area contributed by atoms with Gasteiger partial charge in [-0.3, -0.25) is 0 Å². The van der Waals surface area contributed by atoms with Crippen molar-refractivity contribution in [3.8, 4) is 23.5 Å². The number of alkyl carbamates (subject to hydrolysis) is 1. The van der Waals surface area contributed by atoms with Crippen LogP contribution in [0.25, 0.3) is 22.2 Å². The van der Waals surface area contributed by atoms with Crippen molar-refractivity contribution in [1.82, 2.24) is 25.1 Å². The van der Waals surface area contributed by atoms with E-state index < -0.39 is 18.1 Å². The van der Waals surface area contributed by atoms with Crippen molar-refractivity contribution in [3.63, 3.8) is 0 Å². The molecule has 174 valence electrons. The minimum Gasteiger partial charge on any atom is -0.480 e. The Morgan fingerprint density at radius 3 is 2.43 bits per heavy atom. The van der Waals surface area contributed by atoms with Gasteiger partial charge in [0.25, 0.3) is 0 Å². The SMILES string of the molecule is C#Cc1nn(CC(NC(=O)OCC2c3ccccc3-c3ccccc32)C(=O)O)c2ncnc(N)c12. The number of ether oxygens (including phenoxy) is 1. The smallest absolute Gasteiger partial charge is 0.407 e. The maximum Gasteiger partial charge on any atom is 0.407 e. The van der Waals surface area contributed by atoms with Gasteiger partial charge in [-0.25, -0.2) is 24.2 Å². The number of nitrogen functional groups attached to an aromatic ring is 1. The van der Waals surface area contributed by atoms with E-state index in [1.807, 2.05) is 48.5 Å². The summed E-state index contributed by atoms with van der Waals surface area (Å²) < 4.78 is 6.75. The van der Waals surface area contributed by atoms with Crippen LogP contribution in [0.5, 0.6) is 0 Å². The molecule has 1 amide bonds. The van der Waals surface area contributed by atoms with Gasteiger partial charge in [0, 0.05) is 5.92 Å². The molecular weight excluding hydrogens is 448 g/mol. The van der Waals surface area contributed by atoms with Crippen LogP contribution in [0.4, 0.5) is 10.6 Å². The van der Waals surface area contributed by atoms with Crippen molar-refractivity contribution in [3.05, 3.63) is 71.7 Å². The molecule has 10 nitrogen and oxygen atoms in total. The van der Waals surface area contributed by atoms with Crippen molar-refractivity contribution >= 4 is 28.9 Å². The third kappa shape index (κ3) is 3.89. The average Bonchev–Trinajstić information content (AvgIpc) is 3.38. The molecule has 0 spiro atoms. The monoisotopic (exact) mass is 468 g/mol. The van der Waals surface area contributed by atoms with Gasteiger partial charge in [0.2, 0.25) is 0 Å². The third-order valence-corrected chi connectivity index (χ3v) is 5.98. The number of hydrogen-bond donors (Lipinski definition) is 3. The highest BCUT2D eigenvalue weighted by Gasteiger charge is 2.30. The minimum atomic E-state index is -1.35. The summed E-state index contributed by atoms with van der Waals surface area (Å²) in [7, 11) is 0. The molecule has 35 heavy (non-hydrogen) atoms. The molecule has 10 heteroatoms. The molecule has 2 aromatic heterocycles. The fourth-order valence-corrected chi connectivity index (χ4v) is 4.40. The molecule has 1 aliphatic carbocycles. The number of amides is 1. The van der Waals surface area contributed by atoms with Crippen LogP contribution in [0.3, 0.4) is 0 Å². The van der Waals surface area contributed by atoms with E-state index >= 15 is 0 Å². The molecule has 1 unspecified atom stereocenters. The van der Waals surface area contributed by atoms with Crippen LogP contribution in [0.1, 0.15) is 22.7 Å². The predicted octanol–water partition coefficient (Wildman–Crippen LogP) is 2.38. The van der Waals surface area contributed by atoms with E-state index in [9.17, 15) is 14.7 Å². The molecule has 2 aromatic carbocycles. The molecule has 0 saturated carbocycles. The van der Waals surface area contributed by atoms with Crippen molar-refractivity contribution in [2.24, 2.45) is 0 Å². The van der Waals surface area contributed by atoms with Crippen LogP contribution in [0.15, 0.2) is 54.9 Å². The van der Waals surface area contributed by atoms with E-state index in [1.165, 1.54) is 11.0 Å². The Hall–Kier alpha value is -4.91. The van der Waals surface area contributed by atoms with Gasteiger partial charge in [-0.15, -0.1) is 6.42 Å². The van der Waals surface area contributed by atoms with Crippen molar-refractivity contribution < 1.29 is 19.4 Å². The lowest BCUT2D eigenvalue weighted by molar-refractivity contribution is -0.139. The first-order valence-corrected chi connectivity index (χ1v) is 10.8. The number of nitrogens with two attached hydrogens (primary N) is 1. The Kier molecular flexibility index (Phi) is 5.51. The number of nitrogens with zero attached hydrogens (tertiary/aromatic N) is 4. The summed E-state index contributed by atoms with van der Waals surface area (Å²) in [4.78, 5) is 32.5. The van der Waals surface area contributed by atoms with Gasteiger partial charge >= 0.3 is 12.1 Å². The molecule has 0 saturated heterocycles. The highest BCUT2D eigenvalue weighted by molar-refractivity contribution is 5.90. The molecule has 0 fully saturated rings. The van der Waals surface area contributed by atoms with Gasteiger partial charge in [0.15, 0.2) is 5.65 Å². The van der Waals surface area contributed by atoms with E-state index in [1.54, 1.807) is 0 Å². The van der Waals surface area contributed by atoms with E-state index in [0.29, 0.717) is 5.39 Å². The van der Waals surface area contributed by atoms with Crippen LogP contribution in [0.2, 0.25) is 0 Å². The van der Waals surface area contributed by atoms with Crippen LogP contribution in [0, 0.1) is 12.3 Å². The number of terminal acetylenes is 1. The van der Waals surface area contributed by atoms with E-state index in [-0.39, 0.29) is 36.2 Å². The molecule has 4 aromatic rings. The Labute approximate surface area is 199 Å². The van der Waals surface area contributed by atoms with Crippen molar-refractivity contribution in [2.45, 2.75) is 18.5 Å². The lowest BCUT2D eigenvalue weighted by atomic mass is 9.98. The molecular formula is C25H20N6O4. The summed E-state index contributed by atoms with van der Waals surface area (Å²) in [5.74, 6) is 1.10. The zero-order valence-corrected chi connectivity index (χ0v) is 18.4. The number of nitrogens with one attached hydrogen (secondary N) is 1. The highest BCUT2D eigenvalue weighted by atomic mass is 16.5. The highest BCUT2D eigenvalue weighted by Crippen LogP contribution is 2.44. The Bertz CT molecular complexity index is 1460. The molecule has 4 N–H and O–H groups in total. The number of aliphatic carboxylic acids is 1. The lowest BCUT2D eigenvalue weighted by Gasteiger charge is -2.17. The Morgan fingerprint density at radius 1 is 1.14 bits per heavy atom. The van der Waals surface area contributed by atoms with Gasteiger partial charge in [-0.05, 0) is 28.2 Å². The predicted molar refractivity (Wildman–Crippen MR) is 127 cm³/mol. The molecule has 0 bridgehead atoms. The van der Waals surface area contributed by atoms with E-state index in [2.05, 4.69) is 26.3 Å². The first kappa shape index (κ1) is 21.9. The molecule has 0 aliphatic heterocycles. The summed E-state index contributed by atoms with van der Waals surface area (Å²) in [5, 5.41) is 16.6. The summed E-state index contributed by atoms with van der Waals surface area (Å²) in [6.07, 6.45) is 5.86. The third-order valence-electron chi connectivity index (χ3n) is 5.98. The summed E-state index contributed by atoms with van der Waals surface area (Å²) in [6, 6.07) is 14.5. The van der Waals surface area contributed by atoms with Gasteiger partial charge in [-0.1, -0.05) is 48.5 Å². The zero-order chi connectivity index (χ0) is 24.5. The minimum absolute atomic E-state index is 0.0574. The summed E-state index contributed by atoms with van der Waals surface area (Å²) >= 11 is 0. The Morgan fingerprint density at radius 2 is 1.80 bits per heavy atom.